The van der Waals surface area contributed by atoms with E-state index in [-0.39, 0.29) is 5.75 Å². The number of hydrogen-bond donors (Lipinski definition) is 0. The lowest BCUT2D eigenvalue weighted by Crippen LogP contribution is -2.39. The predicted molar refractivity (Wildman–Crippen MR) is 50.8 cm³/mol. The number of rotatable bonds is 5. The zero-order chi connectivity index (χ0) is 9.72. The molecule has 0 aliphatic heterocycles. The van der Waals surface area contributed by atoms with Gasteiger partial charge in [-0.3, -0.25) is 9.11 Å². The van der Waals surface area contributed by atoms with Crippen LogP contribution in [-0.2, 0) is 11.1 Å². The maximum absolute atomic E-state index is 10.3. The van der Waals surface area contributed by atoms with E-state index in [1.807, 2.05) is 0 Å². The molecule has 0 saturated heterocycles. The second-order valence-corrected chi connectivity index (χ2v) is 4.45. The Morgan fingerprint density at radius 2 is 1.67 bits per heavy atom. The van der Waals surface area contributed by atoms with Crippen LogP contribution < -0.4 is 0 Å². The van der Waals surface area contributed by atoms with Crippen LogP contribution in [0.25, 0.3) is 0 Å². The molecule has 1 atom stereocenters. The molecule has 0 radical (unpaired) electrons. The molecule has 4 heteroatoms. The molecular formula is C8H18NO2S-. The Labute approximate surface area is 77.4 Å². The van der Waals surface area contributed by atoms with E-state index >= 15 is 0 Å². The summed E-state index contributed by atoms with van der Waals surface area (Å²) in [7, 11) is 0. The lowest BCUT2D eigenvalue weighted by atomic mass is 10.2. The summed E-state index contributed by atoms with van der Waals surface area (Å²) in [6, 6.07) is 0.821. The van der Waals surface area contributed by atoms with Crippen molar-refractivity contribution in [3.8, 4) is 0 Å². The van der Waals surface area contributed by atoms with Crippen LogP contribution in [0.5, 0.6) is 0 Å². The average Bonchev–Trinajstić information content (AvgIpc) is 1.84. The first-order valence-electron chi connectivity index (χ1n) is 4.26. The Morgan fingerprint density at radius 3 is 1.92 bits per heavy atom. The van der Waals surface area contributed by atoms with Crippen LogP contribution in [0.4, 0.5) is 0 Å². The third kappa shape index (κ3) is 4.85. The fourth-order valence-electron chi connectivity index (χ4n) is 1.29. The van der Waals surface area contributed by atoms with Crippen molar-refractivity contribution in [1.29, 1.82) is 0 Å². The summed E-state index contributed by atoms with van der Waals surface area (Å²) in [5, 5.41) is 0. The van der Waals surface area contributed by atoms with Crippen molar-refractivity contribution in [3.63, 3.8) is 0 Å². The first kappa shape index (κ1) is 12.1. The van der Waals surface area contributed by atoms with E-state index in [4.69, 9.17) is 0 Å². The van der Waals surface area contributed by atoms with Gasteiger partial charge in [0.1, 0.15) is 0 Å². The van der Waals surface area contributed by atoms with Gasteiger partial charge < -0.3 is 4.55 Å². The fourth-order valence-corrected chi connectivity index (χ4v) is 1.65. The van der Waals surface area contributed by atoms with Gasteiger partial charge >= 0.3 is 0 Å². The second kappa shape index (κ2) is 5.67. The van der Waals surface area contributed by atoms with Gasteiger partial charge in [-0.25, -0.2) is 0 Å². The van der Waals surface area contributed by atoms with Gasteiger partial charge in [0.25, 0.3) is 0 Å². The lowest BCUT2D eigenvalue weighted by molar-refractivity contribution is 0.186. The highest BCUT2D eigenvalue weighted by atomic mass is 32.2. The van der Waals surface area contributed by atoms with E-state index in [1.165, 1.54) is 0 Å². The van der Waals surface area contributed by atoms with E-state index in [0.29, 0.717) is 18.6 Å². The van der Waals surface area contributed by atoms with Gasteiger partial charge in [0, 0.05) is 24.4 Å². The molecule has 0 aromatic rings. The van der Waals surface area contributed by atoms with Crippen LogP contribution in [0.2, 0.25) is 0 Å². The van der Waals surface area contributed by atoms with Crippen LogP contribution in [0.15, 0.2) is 0 Å². The van der Waals surface area contributed by atoms with Gasteiger partial charge in [0.15, 0.2) is 0 Å². The van der Waals surface area contributed by atoms with Crippen molar-refractivity contribution in [2.24, 2.45) is 0 Å². The summed E-state index contributed by atoms with van der Waals surface area (Å²) in [5.74, 6) is 0.232. The van der Waals surface area contributed by atoms with Gasteiger partial charge in [-0.2, -0.15) is 0 Å². The second-order valence-electron chi connectivity index (χ2n) is 3.43. The van der Waals surface area contributed by atoms with E-state index < -0.39 is 11.1 Å². The minimum Gasteiger partial charge on any atom is -0.772 e. The Morgan fingerprint density at radius 1 is 1.25 bits per heavy atom. The van der Waals surface area contributed by atoms with Crippen LogP contribution >= 0.6 is 0 Å². The average molecular weight is 192 g/mol. The molecule has 3 nitrogen and oxygen atoms in total. The highest BCUT2D eigenvalue weighted by Crippen LogP contribution is 2.03. The van der Waals surface area contributed by atoms with Crippen LogP contribution in [0, 0.1) is 0 Å². The van der Waals surface area contributed by atoms with Crippen LogP contribution in [0.1, 0.15) is 27.7 Å². The van der Waals surface area contributed by atoms with Crippen molar-refractivity contribution in [1.82, 2.24) is 4.90 Å². The molecule has 12 heavy (non-hydrogen) atoms. The Hall–Kier alpha value is 0.0700. The highest BCUT2D eigenvalue weighted by Gasteiger charge is 2.11. The van der Waals surface area contributed by atoms with E-state index in [0.717, 1.165) is 0 Å². The molecule has 0 N–H and O–H groups in total. The molecule has 0 heterocycles. The zero-order valence-electron chi connectivity index (χ0n) is 8.24. The van der Waals surface area contributed by atoms with Crippen molar-refractivity contribution in [3.05, 3.63) is 0 Å². The lowest BCUT2D eigenvalue weighted by Gasteiger charge is -2.30. The minimum atomic E-state index is -1.91. The molecule has 0 saturated carbocycles. The summed E-state index contributed by atoms with van der Waals surface area (Å²) >= 11 is -1.91. The molecule has 0 aliphatic carbocycles. The van der Waals surface area contributed by atoms with Gasteiger partial charge in [-0.05, 0) is 27.7 Å². The van der Waals surface area contributed by atoms with E-state index in [9.17, 15) is 8.76 Å². The third-order valence-electron chi connectivity index (χ3n) is 1.84. The molecule has 0 fully saturated rings. The molecule has 1 unspecified atom stereocenters. The topological polar surface area (TPSA) is 43.4 Å². The predicted octanol–water partition coefficient (Wildman–Crippen LogP) is 0.984. The number of hydrogen-bond acceptors (Lipinski definition) is 3. The first-order chi connectivity index (χ1) is 5.45. The highest BCUT2D eigenvalue weighted by molar-refractivity contribution is 7.79. The normalized spacial score (nSPS) is 14.7. The van der Waals surface area contributed by atoms with E-state index in [2.05, 4.69) is 32.6 Å². The molecule has 0 bridgehead atoms. The summed E-state index contributed by atoms with van der Waals surface area (Å²) in [6.45, 7) is 8.94. The summed E-state index contributed by atoms with van der Waals surface area (Å²) in [4.78, 5) is 2.16. The molecule has 0 aromatic carbocycles. The molecule has 0 spiro atoms. The maximum atomic E-state index is 10.3. The molecular weight excluding hydrogens is 174 g/mol. The zero-order valence-corrected chi connectivity index (χ0v) is 9.06. The van der Waals surface area contributed by atoms with Gasteiger partial charge in [0.2, 0.25) is 0 Å². The minimum absolute atomic E-state index is 0.232. The summed E-state index contributed by atoms with van der Waals surface area (Å²) < 4.78 is 20.6. The fraction of sp³-hybridized carbons (Fsp3) is 1.00. The molecule has 0 aliphatic rings. The molecule has 74 valence electrons. The summed E-state index contributed by atoms with van der Waals surface area (Å²) in [5.41, 5.74) is 0. The SMILES string of the molecule is CC(C)N(CCS(=O)[O-])C(C)C. The summed E-state index contributed by atoms with van der Waals surface area (Å²) in [6.07, 6.45) is 0. The molecule has 0 aromatic heterocycles. The van der Waals surface area contributed by atoms with Crippen molar-refractivity contribution < 1.29 is 8.76 Å². The van der Waals surface area contributed by atoms with Gasteiger partial charge in [-0.15, -0.1) is 0 Å². The Kier molecular flexibility index (Phi) is 5.70. The first-order valence-corrected chi connectivity index (χ1v) is 5.51. The molecule has 0 amide bonds. The van der Waals surface area contributed by atoms with Crippen molar-refractivity contribution >= 4 is 11.1 Å². The van der Waals surface area contributed by atoms with Crippen molar-refractivity contribution in [2.45, 2.75) is 39.8 Å². The van der Waals surface area contributed by atoms with Gasteiger partial charge in [0.05, 0.1) is 0 Å². The molecule has 0 rings (SSSR count). The number of nitrogens with zero attached hydrogens (tertiary/aromatic N) is 1. The largest absolute Gasteiger partial charge is 0.772 e. The monoisotopic (exact) mass is 192 g/mol. The quantitative estimate of drug-likeness (QED) is 0.610. The van der Waals surface area contributed by atoms with E-state index in [1.54, 1.807) is 0 Å². The van der Waals surface area contributed by atoms with Crippen LogP contribution in [0.3, 0.4) is 0 Å². The maximum Gasteiger partial charge on any atom is 0.0230 e. The Balaban J connectivity index is 3.88. The van der Waals surface area contributed by atoms with Crippen molar-refractivity contribution in [2.75, 3.05) is 12.3 Å². The van der Waals surface area contributed by atoms with Gasteiger partial charge in [-0.1, -0.05) is 11.1 Å². The smallest absolute Gasteiger partial charge is 0.0230 e. The van der Waals surface area contributed by atoms with Crippen LogP contribution in [-0.4, -0.2) is 38.0 Å². The standard InChI is InChI=1S/C8H19NO2S/c1-7(2)9(8(3)4)5-6-12(10)11/h7-8H,5-6H2,1-4H3,(H,10,11)/p-1. The Bertz CT molecular complexity index is 140. The third-order valence-corrected chi connectivity index (χ3v) is 2.36.